The number of imidazole rings is 1. The summed E-state index contributed by atoms with van der Waals surface area (Å²) in [5.41, 5.74) is 5.49. The van der Waals surface area contributed by atoms with Crippen LogP contribution < -0.4 is 10.6 Å². The molecule has 36 heavy (non-hydrogen) atoms. The van der Waals surface area contributed by atoms with Gasteiger partial charge in [0, 0.05) is 47.9 Å². The summed E-state index contributed by atoms with van der Waals surface area (Å²) in [5, 5.41) is 13.3. The van der Waals surface area contributed by atoms with E-state index in [4.69, 9.17) is 4.98 Å². The van der Waals surface area contributed by atoms with E-state index >= 15 is 0 Å². The molecule has 0 saturated heterocycles. The Morgan fingerprint density at radius 3 is 2.67 bits per heavy atom. The number of benzene rings is 1. The Hall–Kier alpha value is -5.19. The minimum atomic E-state index is -0.348. The fraction of sp³-hybridized carbons (Fsp3) is 0.0400. The molecule has 6 rings (SSSR count). The third-order valence-electron chi connectivity index (χ3n) is 5.76. The second-order valence-corrected chi connectivity index (χ2v) is 8.01. The van der Waals surface area contributed by atoms with E-state index in [2.05, 4.69) is 40.8 Å². The smallest absolute Gasteiger partial charge is 0.319 e. The summed E-state index contributed by atoms with van der Waals surface area (Å²) >= 11 is 0. The van der Waals surface area contributed by atoms with E-state index < -0.39 is 0 Å². The summed E-state index contributed by atoms with van der Waals surface area (Å²) in [6.45, 7) is 0. The summed E-state index contributed by atoms with van der Waals surface area (Å²) in [5.74, 6) is 0.170. The molecule has 0 aliphatic rings. The standard InChI is InChI=1S/C25H18FN9O/c1-27-25(36)31-15-6-13(8-28-10-15)14-7-17-22(34-35-23(17)30-9-14)24-32-20-12-29-11-18(21(20)33-24)16-4-2-3-5-19(16)26/h2-12H,1H3,(H,32,33)(H2,27,31,36)(H,30,34,35). The van der Waals surface area contributed by atoms with Crippen LogP contribution in [0, 0.1) is 5.82 Å². The monoisotopic (exact) mass is 479 g/mol. The Balaban J connectivity index is 1.44. The molecule has 0 spiro atoms. The van der Waals surface area contributed by atoms with Crippen molar-refractivity contribution in [2.24, 2.45) is 0 Å². The number of hydrogen-bond donors (Lipinski definition) is 4. The number of rotatable bonds is 4. The Labute approximate surface area is 203 Å². The van der Waals surface area contributed by atoms with Gasteiger partial charge in [-0.2, -0.15) is 5.10 Å². The minimum Gasteiger partial charge on any atom is -0.341 e. The number of anilines is 1. The van der Waals surface area contributed by atoms with Crippen LogP contribution in [0.15, 0.2) is 67.4 Å². The first-order valence-electron chi connectivity index (χ1n) is 11.0. The van der Waals surface area contributed by atoms with Crippen molar-refractivity contribution in [1.82, 2.24) is 40.4 Å². The van der Waals surface area contributed by atoms with Gasteiger partial charge in [-0.15, -0.1) is 0 Å². The first-order valence-corrected chi connectivity index (χ1v) is 11.0. The van der Waals surface area contributed by atoms with Gasteiger partial charge in [0.15, 0.2) is 11.5 Å². The average molecular weight is 479 g/mol. The quantitative estimate of drug-likeness (QED) is 0.293. The van der Waals surface area contributed by atoms with Crippen LogP contribution in [-0.4, -0.2) is 48.2 Å². The second kappa shape index (κ2) is 8.55. The van der Waals surface area contributed by atoms with Gasteiger partial charge >= 0.3 is 6.03 Å². The van der Waals surface area contributed by atoms with Crippen molar-refractivity contribution in [1.29, 1.82) is 0 Å². The molecule has 176 valence electrons. The molecule has 0 fully saturated rings. The fourth-order valence-electron chi connectivity index (χ4n) is 4.03. The lowest BCUT2D eigenvalue weighted by Gasteiger charge is -2.06. The van der Waals surface area contributed by atoms with Crippen molar-refractivity contribution < 1.29 is 9.18 Å². The van der Waals surface area contributed by atoms with Gasteiger partial charge in [-0.05, 0) is 18.2 Å². The molecule has 0 saturated carbocycles. The average Bonchev–Trinajstić information content (AvgIpc) is 3.52. The van der Waals surface area contributed by atoms with E-state index in [9.17, 15) is 9.18 Å². The number of carbonyl (C=O) groups is 1. The highest BCUT2D eigenvalue weighted by molar-refractivity contribution is 5.97. The van der Waals surface area contributed by atoms with Crippen LogP contribution in [0.5, 0.6) is 0 Å². The molecule has 0 atom stereocenters. The molecular formula is C25H18FN9O. The lowest BCUT2D eigenvalue weighted by molar-refractivity contribution is 0.254. The summed E-state index contributed by atoms with van der Waals surface area (Å²) in [6, 6.07) is 9.91. The van der Waals surface area contributed by atoms with E-state index in [1.54, 1.807) is 62.3 Å². The Kier molecular flexibility index (Phi) is 5.07. The molecule has 0 radical (unpaired) electrons. The number of fused-ring (bicyclic) bond motifs is 2. The number of urea groups is 1. The predicted octanol–water partition coefficient (Wildman–Crippen LogP) is 4.52. The summed E-state index contributed by atoms with van der Waals surface area (Å²) in [4.78, 5) is 32.6. The second-order valence-electron chi connectivity index (χ2n) is 8.01. The molecular weight excluding hydrogens is 461 g/mol. The fourth-order valence-corrected chi connectivity index (χ4v) is 4.03. The topological polar surface area (TPSA) is 137 Å². The normalized spacial score (nSPS) is 11.2. The number of H-pyrrole nitrogens is 2. The lowest BCUT2D eigenvalue weighted by atomic mass is 10.1. The summed E-state index contributed by atoms with van der Waals surface area (Å²) in [6.07, 6.45) is 8.18. The molecule has 6 aromatic rings. The largest absolute Gasteiger partial charge is 0.341 e. The predicted molar refractivity (Wildman–Crippen MR) is 133 cm³/mol. The third-order valence-corrected chi connectivity index (χ3v) is 5.76. The SMILES string of the molecule is CNC(=O)Nc1cncc(-c2cnc3n[nH]c(-c4nc5c(-c6ccccc6F)cncc5[nH]4)c3c2)c1. The number of aromatic amines is 2. The highest BCUT2D eigenvalue weighted by Gasteiger charge is 2.17. The van der Waals surface area contributed by atoms with Crippen LogP contribution in [0.1, 0.15) is 0 Å². The van der Waals surface area contributed by atoms with Gasteiger partial charge < -0.3 is 15.6 Å². The number of carbonyl (C=O) groups excluding carboxylic acids is 1. The number of aromatic nitrogens is 7. The maximum atomic E-state index is 14.5. The Morgan fingerprint density at radius 2 is 1.81 bits per heavy atom. The molecule has 0 bridgehead atoms. The maximum absolute atomic E-state index is 14.5. The van der Waals surface area contributed by atoms with Crippen molar-refractivity contribution >= 4 is 33.8 Å². The number of hydrogen-bond acceptors (Lipinski definition) is 6. The first kappa shape index (κ1) is 21.4. The van der Waals surface area contributed by atoms with Crippen LogP contribution >= 0.6 is 0 Å². The molecule has 5 aromatic heterocycles. The number of halogens is 1. The third kappa shape index (κ3) is 3.68. The highest BCUT2D eigenvalue weighted by Crippen LogP contribution is 2.33. The Bertz CT molecular complexity index is 1760. The molecule has 11 heteroatoms. The molecule has 5 heterocycles. The minimum absolute atomic E-state index is 0.339. The van der Waals surface area contributed by atoms with Gasteiger partial charge in [0.1, 0.15) is 17.0 Å². The molecule has 4 N–H and O–H groups in total. The molecule has 2 amide bonds. The molecule has 0 unspecified atom stereocenters. The van der Waals surface area contributed by atoms with Gasteiger partial charge in [-0.3, -0.25) is 15.1 Å². The van der Waals surface area contributed by atoms with Crippen LogP contribution in [0.2, 0.25) is 0 Å². The molecule has 0 aliphatic heterocycles. The van der Waals surface area contributed by atoms with Crippen LogP contribution in [0.4, 0.5) is 14.9 Å². The summed E-state index contributed by atoms with van der Waals surface area (Å²) in [7, 11) is 1.54. The van der Waals surface area contributed by atoms with E-state index in [0.717, 1.165) is 16.5 Å². The molecule has 0 aliphatic carbocycles. The van der Waals surface area contributed by atoms with Crippen LogP contribution in [0.25, 0.3) is 55.8 Å². The molecule has 1 aromatic carbocycles. The van der Waals surface area contributed by atoms with Crippen molar-refractivity contribution in [2.45, 2.75) is 0 Å². The van der Waals surface area contributed by atoms with E-state index in [-0.39, 0.29) is 11.8 Å². The van der Waals surface area contributed by atoms with Crippen LogP contribution in [0.3, 0.4) is 0 Å². The van der Waals surface area contributed by atoms with E-state index in [1.165, 1.54) is 6.07 Å². The van der Waals surface area contributed by atoms with Gasteiger partial charge in [-0.25, -0.2) is 19.2 Å². The van der Waals surface area contributed by atoms with Crippen molar-refractivity contribution in [3.63, 3.8) is 0 Å². The van der Waals surface area contributed by atoms with Gasteiger partial charge in [0.2, 0.25) is 0 Å². The Morgan fingerprint density at radius 1 is 0.972 bits per heavy atom. The number of nitrogens with zero attached hydrogens (tertiary/aromatic N) is 5. The van der Waals surface area contributed by atoms with Gasteiger partial charge in [0.25, 0.3) is 0 Å². The highest BCUT2D eigenvalue weighted by atomic mass is 19.1. The van der Waals surface area contributed by atoms with Crippen molar-refractivity contribution in [2.75, 3.05) is 12.4 Å². The van der Waals surface area contributed by atoms with Crippen molar-refractivity contribution in [3.05, 3.63) is 73.2 Å². The van der Waals surface area contributed by atoms with Gasteiger partial charge in [0.05, 0.1) is 29.0 Å². The molecule has 10 nitrogen and oxygen atoms in total. The number of pyridine rings is 3. The van der Waals surface area contributed by atoms with Crippen LogP contribution in [-0.2, 0) is 0 Å². The zero-order valence-electron chi connectivity index (χ0n) is 18.9. The number of nitrogens with one attached hydrogen (secondary N) is 4. The van der Waals surface area contributed by atoms with Crippen molar-refractivity contribution in [3.8, 4) is 33.8 Å². The first-order chi connectivity index (χ1) is 17.6. The zero-order valence-corrected chi connectivity index (χ0v) is 18.9. The van der Waals surface area contributed by atoms with E-state index in [1.807, 2.05) is 6.07 Å². The van der Waals surface area contributed by atoms with Gasteiger partial charge in [-0.1, -0.05) is 18.2 Å². The van der Waals surface area contributed by atoms with E-state index in [0.29, 0.717) is 45.0 Å². The maximum Gasteiger partial charge on any atom is 0.319 e. The zero-order chi connectivity index (χ0) is 24.6. The lowest BCUT2D eigenvalue weighted by Crippen LogP contribution is -2.24. The summed E-state index contributed by atoms with van der Waals surface area (Å²) < 4.78 is 14.5. The number of amides is 2.